The van der Waals surface area contributed by atoms with Crippen LogP contribution in [-0.4, -0.2) is 12.0 Å². The minimum atomic E-state index is -0.717. The fourth-order valence-electron chi connectivity index (χ4n) is 0.871. The van der Waals surface area contributed by atoms with Crippen LogP contribution in [0.5, 0.6) is 0 Å². The van der Waals surface area contributed by atoms with Gasteiger partial charge in [0.2, 0.25) is 5.90 Å². The molecule has 0 saturated carbocycles. The molecule has 0 aliphatic heterocycles. The number of hydrogen-bond donors (Lipinski definition) is 2. The van der Waals surface area contributed by atoms with E-state index in [-0.39, 0.29) is 12.5 Å². The van der Waals surface area contributed by atoms with Gasteiger partial charge in [0.25, 0.3) is 0 Å². The highest BCUT2D eigenvalue weighted by molar-refractivity contribution is 5.73. The maximum absolute atomic E-state index is 11.0. The van der Waals surface area contributed by atoms with Gasteiger partial charge in [-0.05, 0) is 5.56 Å². The molecule has 5 nitrogen and oxygen atoms in total. The van der Waals surface area contributed by atoms with E-state index in [1.807, 2.05) is 35.8 Å². The van der Waals surface area contributed by atoms with E-state index in [0.717, 1.165) is 5.56 Å². The third-order valence-electron chi connectivity index (χ3n) is 1.50. The lowest BCUT2D eigenvalue weighted by Crippen LogP contribution is -2.26. The number of hydrogen-bond acceptors (Lipinski definition) is 4. The van der Waals surface area contributed by atoms with Gasteiger partial charge in [-0.3, -0.25) is 5.41 Å². The van der Waals surface area contributed by atoms with Gasteiger partial charge < -0.3 is 9.57 Å². The summed E-state index contributed by atoms with van der Waals surface area (Å²) in [5.74, 6) is -0.105. The molecule has 1 aromatic carbocycles. The lowest BCUT2D eigenvalue weighted by atomic mass is 10.2. The second-order valence-corrected chi connectivity index (χ2v) is 2.82. The Morgan fingerprint density at radius 3 is 2.67 bits per heavy atom. The molecule has 15 heavy (non-hydrogen) atoms. The van der Waals surface area contributed by atoms with Crippen LogP contribution in [0.1, 0.15) is 12.5 Å². The molecule has 5 heteroatoms. The van der Waals surface area contributed by atoms with Crippen molar-refractivity contribution in [2.75, 3.05) is 0 Å². The molecule has 80 valence electrons. The molecule has 0 bridgehead atoms. The first-order chi connectivity index (χ1) is 7.18. The lowest BCUT2D eigenvalue weighted by Gasteiger charge is -2.06. The summed E-state index contributed by atoms with van der Waals surface area (Å²) >= 11 is 0. The van der Waals surface area contributed by atoms with E-state index >= 15 is 0 Å². The van der Waals surface area contributed by atoms with Crippen LogP contribution in [0.15, 0.2) is 30.3 Å². The predicted octanol–water partition coefficient (Wildman–Crippen LogP) is 1.84. The van der Waals surface area contributed by atoms with Crippen molar-refractivity contribution in [2.45, 2.75) is 13.5 Å². The summed E-state index contributed by atoms with van der Waals surface area (Å²) in [5, 5.41) is 6.89. The zero-order valence-electron chi connectivity index (χ0n) is 8.32. The summed E-state index contributed by atoms with van der Waals surface area (Å²) in [4.78, 5) is 15.4. The molecule has 0 unspecified atom stereocenters. The van der Waals surface area contributed by atoms with Crippen molar-refractivity contribution in [3.05, 3.63) is 35.9 Å². The quantitative estimate of drug-likeness (QED) is 0.442. The standard InChI is InChI=1S/C10H12N2O3/c1-8(11)15-12-10(13)14-7-9-5-3-2-4-6-9/h2-6,11H,7H2,1H3,(H,12,13). The third kappa shape index (κ3) is 4.66. The molecular weight excluding hydrogens is 196 g/mol. The largest absolute Gasteiger partial charge is 0.443 e. The van der Waals surface area contributed by atoms with Crippen molar-refractivity contribution in [1.29, 1.82) is 5.41 Å². The van der Waals surface area contributed by atoms with Gasteiger partial charge in [-0.1, -0.05) is 30.3 Å². The maximum Gasteiger partial charge on any atom is 0.440 e. The van der Waals surface area contributed by atoms with Crippen LogP contribution >= 0.6 is 0 Å². The summed E-state index contributed by atoms with van der Waals surface area (Å²) < 4.78 is 4.81. The Balaban J connectivity index is 2.26. The molecule has 0 spiro atoms. The van der Waals surface area contributed by atoms with Crippen LogP contribution in [0.4, 0.5) is 4.79 Å². The fraction of sp³-hybridized carbons (Fsp3) is 0.200. The Bertz CT molecular complexity index is 338. The molecular formula is C10H12N2O3. The van der Waals surface area contributed by atoms with E-state index in [9.17, 15) is 4.79 Å². The minimum Gasteiger partial charge on any atom is -0.443 e. The van der Waals surface area contributed by atoms with Gasteiger partial charge in [0, 0.05) is 6.92 Å². The Labute approximate surface area is 87.5 Å². The highest BCUT2D eigenvalue weighted by Gasteiger charge is 2.02. The average molecular weight is 208 g/mol. The van der Waals surface area contributed by atoms with E-state index in [2.05, 4.69) is 4.84 Å². The molecule has 1 aromatic rings. The number of amides is 1. The topological polar surface area (TPSA) is 71.4 Å². The Kier molecular flexibility index (Phi) is 4.15. The normalized spacial score (nSPS) is 9.13. The van der Waals surface area contributed by atoms with Gasteiger partial charge in [-0.15, -0.1) is 0 Å². The zero-order valence-corrected chi connectivity index (χ0v) is 8.32. The van der Waals surface area contributed by atoms with Crippen LogP contribution < -0.4 is 5.48 Å². The van der Waals surface area contributed by atoms with Crippen molar-refractivity contribution < 1.29 is 14.4 Å². The van der Waals surface area contributed by atoms with E-state index < -0.39 is 6.09 Å². The number of nitrogens with one attached hydrogen (secondary N) is 2. The van der Waals surface area contributed by atoms with Crippen molar-refractivity contribution >= 4 is 12.0 Å². The number of benzene rings is 1. The number of rotatable bonds is 2. The molecule has 1 amide bonds. The van der Waals surface area contributed by atoms with Gasteiger partial charge in [0.1, 0.15) is 6.61 Å². The molecule has 0 atom stereocenters. The first-order valence-corrected chi connectivity index (χ1v) is 4.37. The molecule has 1 rings (SSSR count). The molecule has 0 aromatic heterocycles. The molecule has 0 aliphatic carbocycles. The Morgan fingerprint density at radius 1 is 1.40 bits per heavy atom. The molecule has 0 heterocycles. The van der Waals surface area contributed by atoms with Gasteiger partial charge in [-0.25, -0.2) is 4.79 Å². The van der Waals surface area contributed by atoms with Gasteiger partial charge in [0.05, 0.1) is 0 Å². The first kappa shape index (κ1) is 11.0. The summed E-state index contributed by atoms with van der Waals surface area (Å²) in [6, 6.07) is 9.28. The van der Waals surface area contributed by atoms with E-state index in [0.29, 0.717) is 0 Å². The molecule has 2 N–H and O–H groups in total. The number of carbonyl (C=O) groups is 1. The van der Waals surface area contributed by atoms with Crippen LogP contribution in [0.2, 0.25) is 0 Å². The zero-order chi connectivity index (χ0) is 11.1. The van der Waals surface area contributed by atoms with E-state index in [1.54, 1.807) is 0 Å². The number of carbonyl (C=O) groups excluding carboxylic acids is 1. The third-order valence-corrected chi connectivity index (χ3v) is 1.50. The van der Waals surface area contributed by atoms with Crippen LogP contribution in [0.3, 0.4) is 0 Å². The van der Waals surface area contributed by atoms with Crippen LogP contribution in [-0.2, 0) is 16.2 Å². The van der Waals surface area contributed by atoms with E-state index in [4.69, 9.17) is 10.1 Å². The average Bonchev–Trinajstić information content (AvgIpc) is 2.25. The second kappa shape index (κ2) is 5.64. The van der Waals surface area contributed by atoms with Crippen LogP contribution in [0.25, 0.3) is 0 Å². The Hall–Kier alpha value is -2.04. The van der Waals surface area contributed by atoms with Crippen molar-refractivity contribution in [3.63, 3.8) is 0 Å². The number of ether oxygens (including phenoxy) is 1. The second-order valence-electron chi connectivity index (χ2n) is 2.82. The Morgan fingerprint density at radius 2 is 2.07 bits per heavy atom. The van der Waals surface area contributed by atoms with Crippen molar-refractivity contribution in [1.82, 2.24) is 5.48 Å². The highest BCUT2D eigenvalue weighted by atomic mass is 16.7. The van der Waals surface area contributed by atoms with Crippen molar-refractivity contribution in [3.8, 4) is 0 Å². The van der Waals surface area contributed by atoms with Gasteiger partial charge in [-0.2, -0.15) is 5.48 Å². The first-order valence-electron chi connectivity index (χ1n) is 4.37. The molecule has 0 fully saturated rings. The van der Waals surface area contributed by atoms with Crippen LogP contribution in [0, 0.1) is 5.41 Å². The van der Waals surface area contributed by atoms with Gasteiger partial charge >= 0.3 is 6.09 Å². The highest BCUT2D eigenvalue weighted by Crippen LogP contribution is 2.00. The smallest absolute Gasteiger partial charge is 0.440 e. The minimum absolute atomic E-state index is 0.105. The summed E-state index contributed by atoms with van der Waals surface area (Å²) in [5.41, 5.74) is 2.85. The summed E-state index contributed by atoms with van der Waals surface area (Å²) in [6.45, 7) is 1.57. The number of hydroxylamine groups is 1. The lowest BCUT2D eigenvalue weighted by molar-refractivity contribution is 0.0889. The monoisotopic (exact) mass is 208 g/mol. The summed E-state index contributed by atoms with van der Waals surface area (Å²) in [7, 11) is 0. The molecule has 0 saturated heterocycles. The fourth-order valence-corrected chi connectivity index (χ4v) is 0.871. The van der Waals surface area contributed by atoms with E-state index in [1.165, 1.54) is 6.92 Å². The van der Waals surface area contributed by atoms with Gasteiger partial charge in [0.15, 0.2) is 0 Å². The SMILES string of the molecule is CC(=N)ONC(=O)OCc1ccccc1. The van der Waals surface area contributed by atoms with Crippen molar-refractivity contribution in [2.24, 2.45) is 0 Å². The molecule has 0 aliphatic rings. The molecule has 0 radical (unpaired) electrons. The summed E-state index contributed by atoms with van der Waals surface area (Å²) in [6.07, 6.45) is -0.717. The predicted molar refractivity (Wildman–Crippen MR) is 54.2 cm³/mol. The maximum atomic E-state index is 11.0.